The first kappa shape index (κ1) is 17.7. The van der Waals surface area contributed by atoms with Gasteiger partial charge in [0.2, 0.25) is 10.0 Å². The van der Waals surface area contributed by atoms with E-state index in [1.165, 1.54) is 37.8 Å². The predicted molar refractivity (Wildman–Crippen MR) is 85.9 cm³/mol. The molecule has 1 atom stereocenters. The van der Waals surface area contributed by atoms with Crippen molar-refractivity contribution in [3.63, 3.8) is 0 Å². The summed E-state index contributed by atoms with van der Waals surface area (Å²) in [6.07, 6.45) is 5.61. The number of sulfonamides is 1. The van der Waals surface area contributed by atoms with E-state index in [-0.39, 0.29) is 10.8 Å². The first-order chi connectivity index (χ1) is 10.9. The van der Waals surface area contributed by atoms with Crippen LogP contribution in [0.5, 0.6) is 5.75 Å². The third kappa shape index (κ3) is 4.94. The van der Waals surface area contributed by atoms with Crippen LogP contribution in [0.25, 0.3) is 0 Å². The molecular formula is C16H23NO5S. The first-order valence-corrected chi connectivity index (χ1v) is 9.30. The maximum Gasteiger partial charge on any atom is 0.321 e. The summed E-state index contributed by atoms with van der Waals surface area (Å²) in [7, 11) is -2.37. The van der Waals surface area contributed by atoms with Crippen molar-refractivity contribution in [2.24, 2.45) is 5.92 Å². The second kappa shape index (κ2) is 7.79. The van der Waals surface area contributed by atoms with Crippen molar-refractivity contribution in [1.82, 2.24) is 4.72 Å². The van der Waals surface area contributed by atoms with Gasteiger partial charge < -0.3 is 9.84 Å². The molecule has 1 fully saturated rings. The Bertz CT molecular complexity index is 620. The van der Waals surface area contributed by atoms with Gasteiger partial charge in [-0.2, -0.15) is 4.72 Å². The van der Waals surface area contributed by atoms with E-state index in [1.54, 1.807) is 0 Å². The van der Waals surface area contributed by atoms with Gasteiger partial charge in [0.25, 0.3) is 0 Å². The second-order valence-electron chi connectivity index (χ2n) is 5.93. The molecule has 0 aliphatic heterocycles. The van der Waals surface area contributed by atoms with Crippen LogP contribution in [-0.4, -0.2) is 32.6 Å². The van der Waals surface area contributed by atoms with Gasteiger partial charge >= 0.3 is 5.97 Å². The van der Waals surface area contributed by atoms with E-state index >= 15 is 0 Å². The van der Waals surface area contributed by atoms with Crippen molar-refractivity contribution in [3.8, 4) is 5.75 Å². The predicted octanol–water partition coefficient (Wildman–Crippen LogP) is 2.40. The highest BCUT2D eigenvalue weighted by atomic mass is 32.2. The smallest absolute Gasteiger partial charge is 0.321 e. The van der Waals surface area contributed by atoms with Gasteiger partial charge in [0.05, 0.1) is 12.0 Å². The number of hydrogen-bond donors (Lipinski definition) is 2. The van der Waals surface area contributed by atoms with E-state index in [1.807, 2.05) is 0 Å². The van der Waals surface area contributed by atoms with E-state index in [0.29, 0.717) is 12.2 Å². The van der Waals surface area contributed by atoms with Gasteiger partial charge in [-0.1, -0.05) is 32.1 Å². The third-order valence-corrected chi connectivity index (χ3v) is 5.75. The molecule has 1 aromatic rings. The number of methoxy groups -OCH3 is 1. The van der Waals surface area contributed by atoms with E-state index in [0.717, 1.165) is 25.7 Å². The fourth-order valence-corrected chi connectivity index (χ4v) is 4.17. The zero-order valence-corrected chi connectivity index (χ0v) is 14.0. The van der Waals surface area contributed by atoms with Crippen molar-refractivity contribution in [2.75, 3.05) is 7.11 Å². The van der Waals surface area contributed by atoms with Gasteiger partial charge in [0, 0.05) is 0 Å². The lowest BCUT2D eigenvalue weighted by Crippen LogP contribution is -2.42. The maximum absolute atomic E-state index is 12.4. The van der Waals surface area contributed by atoms with E-state index in [2.05, 4.69) is 4.72 Å². The van der Waals surface area contributed by atoms with Crippen LogP contribution in [0, 0.1) is 5.92 Å². The van der Waals surface area contributed by atoms with Crippen LogP contribution >= 0.6 is 0 Å². The molecule has 1 aliphatic carbocycles. The average Bonchev–Trinajstić information content (AvgIpc) is 2.55. The molecule has 0 bridgehead atoms. The number of aliphatic carboxylic acids is 1. The fraction of sp³-hybridized carbons (Fsp3) is 0.562. The van der Waals surface area contributed by atoms with E-state index in [4.69, 9.17) is 4.74 Å². The molecule has 2 rings (SSSR count). The van der Waals surface area contributed by atoms with Gasteiger partial charge in [-0.05, 0) is 36.6 Å². The zero-order valence-electron chi connectivity index (χ0n) is 13.2. The van der Waals surface area contributed by atoms with Crippen molar-refractivity contribution in [3.05, 3.63) is 24.3 Å². The Morgan fingerprint density at radius 1 is 1.26 bits per heavy atom. The number of nitrogens with one attached hydrogen (secondary N) is 1. The minimum absolute atomic E-state index is 0.0354. The van der Waals surface area contributed by atoms with Crippen LogP contribution in [0.4, 0.5) is 0 Å². The molecule has 1 aliphatic rings. The highest BCUT2D eigenvalue weighted by molar-refractivity contribution is 7.89. The summed E-state index contributed by atoms with van der Waals surface area (Å²) in [5.74, 6) is -0.322. The Hall–Kier alpha value is -1.60. The summed E-state index contributed by atoms with van der Waals surface area (Å²) >= 11 is 0. The summed E-state index contributed by atoms with van der Waals surface area (Å²) in [6.45, 7) is 0. The largest absolute Gasteiger partial charge is 0.497 e. The number of benzene rings is 1. The van der Waals surface area contributed by atoms with Crippen molar-refractivity contribution < 1.29 is 23.1 Å². The van der Waals surface area contributed by atoms with Gasteiger partial charge in [-0.15, -0.1) is 0 Å². The van der Waals surface area contributed by atoms with Gasteiger partial charge in [-0.3, -0.25) is 4.79 Å². The van der Waals surface area contributed by atoms with Gasteiger partial charge in [0.1, 0.15) is 11.8 Å². The van der Waals surface area contributed by atoms with Crippen LogP contribution in [0.1, 0.15) is 38.5 Å². The molecule has 0 spiro atoms. The lowest BCUT2D eigenvalue weighted by atomic mass is 9.85. The number of carboxylic acids is 1. The molecule has 0 radical (unpaired) electrons. The highest BCUT2D eigenvalue weighted by Crippen LogP contribution is 2.28. The lowest BCUT2D eigenvalue weighted by Gasteiger charge is -2.25. The summed E-state index contributed by atoms with van der Waals surface area (Å²) < 4.78 is 32.1. The number of carbonyl (C=O) groups is 1. The summed E-state index contributed by atoms with van der Waals surface area (Å²) in [4.78, 5) is 11.5. The molecule has 23 heavy (non-hydrogen) atoms. The molecule has 0 heterocycles. The Kier molecular flexibility index (Phi) is 6.01. The quantitative estimate of drug-likeness (QED) is 0.794. The highest BCUT2D eigenvalue weighted by Gasteiger charge is 2.28. The zero-order chi connectivity index (χ0) is 16.9. The fourth-order valence-electron chi connectivity index (χ4n) is 2.97. The minimum atomic E-state index is -3.87. The Morgan fingerprint density at radius 3 is 2.39 bits per heavy atom. The molecule has 2 N–H and O–H groups in total. The van der Waals surface area contributed by atoms with Crippen LogP contribution in [-0.2, 0) is 14.8 Å². The third-order valence-electron chi connectivity index (χ3n) is 4.26. The topological polar surface area (TPSA) is 92.7 Å². The maximum atomic E-state index is 12.4. The van der Waals surface area contributed by atoms with E-state index in [9.17, 15) is 18.3 Å². The number of carboxylic acid groups (broad SMARTS) is 1. The van der Waals surface area contributed by atoms with Crippen LogP contribution < -0.4 is 9.46 Å². The van der Waals surface area contributed by atoms with Gasteiger partial charge in [0.15, 0.2) is 0 Å². The molecule has 7 heteroatoms. The standard InChI is InChI=1S/C16H23NO5S/c1-22-13-7-9-14(10-8-13)23(20,21)17-15(16(18)19)11-12-5-3-2-4-6-12/h7-10,12,15,17H,2-6,11H2,1H3,(H,18,19)/t15-/m1/s1. The Balaban J connectivity index is 2.08. The number of rotatable bonds is 7. The SMILES string of the molecule is COc1ccc(S(=O)(=O)N[C@H](CC2CCCCC2)C(=O)O)cc1. The van der Waals surface area contributed by atoms with Crippen LogP contribution in [0.15, 0.2) is 29.2 Å². The molecule has 0 unspecified atom stereocenters. The second-order valence-corrected chi connectivity index (χ2v) is 7.64. The van der Waals surface area contributed by atoms with Crippen LogP contribution in [0.2, 0.25) is 0 Å². The minimum Gasteiger partial charge on any atom is -0.497 e. The molecule has 1 saturated carbocycles. The summed E-state index contributed by atoms with van der Waals surface area (Å²) in [5, 5.41) is 9.35. The molecule has 128 valence electrons. The monoisotopic (exact) mass is 341 g/mol. The molecule has 0 amide bonds. The normalized spacial score (nSPS) is 17.6. The number of hydrogen-bond acceptors (Lipinski definition) is 4. The van der Waals surface area contributed by atoms with Crippen molar-refractivity contribution in [1.29, 1.82) is 0 Å². The summed E-state index contributed by atoms with van der Waals surface area (Å²) in [5.41, 5.74) is 0. The summed E-state index contributed by atoms with van der Waals surface area (Å²) in [6, 6.07) is 4.78. The first-order valence-electron chi connectivity index (χ1n) is 7.81. The average molecular weight is 341 g/mol. The van der Waals surface area contributed by atoms with E-state index < -0.39 is 22.0 Å². The Labute approximate surface area is 136 Å². The van der Waals surface area contributed by atoms with Gasteiger partial charge in [-0.25, -0.2) is 8.42 Å². The van der Waals surface area contributed by atoms with Crippen molar-refractivity contribution >= 4 is 16.0 Å². The molecule has 1 aromatic carbocycles. The Morgan fingerprint density at radius 2 is 1.87 bits per heavy atom. The molecule has 6 nitrogen and oxygen atoms in total. The molecular weight excluding hydrogens is 318 g/mol. The van der Waals surface area contributed by atoms with Crippen LogP contribution in [0.3, 0.4) is 0 Å². The molecule has 0 aromatic heterocycles. The molecule has 0 saturated heterocycles. The lowest BCUT2D eigenvalue weighted by molar-refractivity contribution is -0.139. The number of ether oxygens (including phenoxy) is 1. The van der Waals surface area contributed by atoms with Crippen molar-refractivity contribution in [2.45, 2.75) is 49.5 Å².